The van der Waals surface area contributed by atoms with Crippen LogP contribution in [-0.2, 0) is 5.41 Å². The van der Waals surface area contributed by atoms with E-state index in [2.05, 4.69) is 240 Å². The summed E-state index contributed by atoms with van der Waals surface area (Å²) in [6.07, 6.45) is 0. The minimum atomic E-state index is -0.449. The number of hydrogen-bond acceptors (Lipinski definition) is 2. The summed E-state index contributed by atoms with van der Waals surface area (Å²) in [6.45, 7) is 0. The molecule has 2 aliphatic carbocycles. The molecule has 66 heavy (non-hydrogen) atoms. The second-order valence-electron chi connectivity index (χ2n) is 17.1. The van der Waals surface area contributed by atoms with Crippen LogP contribution in [0.3, 0.4) is 0 Å². The highest BCUT2D eigenvalue weighted by Gasteiger charge is 2.52. The van der Waals surface area contributed by atoms with Crippen LogP contribution in [0.25, 0.3) is 82.8 Å². The predicted octanol–water partition coefficient (Wildman–Crippen LogP) is 17.4. The van der Waals surface area contributed by atoms with Gasteiger partial charge in [-0.05, 0) is 123 Å². The van der Waals surface area contributed by atoms with Gasteiger partial charge < -0.3 is 13.9 Å². The second kappa shape index (κ2) is 14.8. The maximum atomic E-state index is 6.76. The monoisotopic (exact) mass is 846 g/mol. The molecule has 14 rings (SSSR count). The van der Waals surface area contributed by atoms with Crippen molar-refractivity contribution in [1.82, 2.24) is 4.57 Å². The summed E-state index contributed by atoms with van der Waals surface area (Å²) >= 11 is 0. The molecule has 2 aromatic heterocycles. The number of aromatic nitrogens is 1. The molecule has 2 aliphatic rings. The third-order valence-corrected chi connectivity index (χ3v) is 14.0. The lowest BCUT2D eigenvalue weighted by Crippen LogP contribution is -2.26. The summed E-state index contributed by atoms with van der Waals surface area (Å²) < 4.78 is 9.13. The van der Waals surface area contributed by atoms with E-state index in [4.69, 9.17) is 4.42 Å². The van der Waals surface area contributed by atoms with E-state index in [0.29, 0.717) is 0 Å². The summed E-state index contributed by atoms with van der Waals surface area (Å²) in [4.78, 5) is 2.47. The Kier molecular flexibility index (Phi) is 8.81. The summed E-state index contributed by atoms with van der Waals surface area (Å²) in [7, 11) is 0. The molecular weight excluding hydrogens is 801 g/mol. The van der Waals surface area contributed by atoms with Gasteiger partial charge >= 0.3 is 0 Å². The Bertz CT molecular complexity index is 3810. The van der Waals surface area contributed by atoms with Crippen LogP contribution in [-0.4, -0.2) is 4.57 Å². The molecule has 0 amide bonds. The fraction of sp³-hybridized carbons (Fsp3) is 0.0476. The normalized spacial score (nSPS) is 12.7. The molecule has 0 fully saturated rings. The fourth-order valence-corrected chi connectivity index (χ4v) is 11.5. The van der Waals surface area contributed by atoms with E-state index in [1.807, 2.05) is 0 Å². The van der Waals surface area contributed by atoms with Crippen LogP contribution >= 0.6 is 0 Å². The van der Waals surface area contributed by atoms with Crippen LogP contribution in [0.4, 0.5) is 17.1 Å². The third kappa shape index (κ3) is 5.26. The van der Waals surface area contributed by atoms with E-state index in [9.17, 15) is 0 Å². The van der Waals surface area contributed by atoms with Gasteiger partial charge in [-0.3, -0.25) is 0 Å². The molecule has 0 aliphatic heterocycles. The molecule has 0 atom stereocenters. The average molecular weight is 847 g/mol. The van der Waals surface area contributed by atoms with E-state index in [1.54, 1.807) is 0 Å². The molecule has 314 valence electrons. The Balaban J connectivity index is 0.00000228. The molecule has 10 aromatic carbocycles. The Morgan fingerprint density at radius 2 is 0.924 bits per heavy atom. The Labute approximate surface area is 385 Å². The zero-order chi connectivity index (χ0) is 41.9. The number of furan rings is 1. The first kappa shape index (κ1) is 39.2. The summed E-state index contributed by atoms with van der Waals surface area (Å²) in [5.74, 6) is 0. The highest BCUT2D eigenvalue weighted by molar-refractivity contribution is 6.16. The van der Waals surface area contributed by atoms with Crippen LogP contribution < -0.4 is 4.90 Å². The van der Waals surface area contributed by atoms with Crippen molar-refractivity contribution in [2.45, 2.75) is 20.3 Å². The second-order valence-corrected chi connectivity index (χ2v) is 17.1. The summed E-state index contributed by atoms with van der Waals surface area (Å²) in [6, 6.07) is 84.4. The van der Waals surface area contributed by atoms with Crippen LogP contribution in [0.2, 0.25) is 0 Å². The first-order valence-corrected chi connectivity index (χ1v) is 22.1. The van der Waals surface area contributed by atoms with Crippen LogP contribution in [0.1, 0.15) is 37.1 Å². The van der Waals surface area contributed by atoms with Crippen molar-refractivity contribution < 1.29 is 4.42 Å². The average Bonchev–Trinajstić information content (AvgIpc) is 4.09. The van der Waals surface area contributed by atoms with Crippen LogP contribution in [0, 0.1) is 0 Å². The van der Waals surface area contributed by atoms with Gasteiger partial charge in [0, 0.05) is 33.1 Å². The van der Waals surface area contributed by atoms with Crippen LogP contribution in [0.5, 0.6) is 0 Å². The lowest BCUT2D eigenvalue weighted by molar-refractivity contribution is 0.669. The zero-order valence-electron chi connectivity index (χ0n) is 34.7. The molecule has 0 unspecified atom stereocenters. The van der Waals surface area contributed by atoms with Crippen LogP contribution in [0.15, 0.2) is 235 Å². The zero-order valence-corrected chi connectivity index (χ0v) is 34.7. The van der Waals surface area contributed by atoms with E-state index >= 15 is 0 Å². The molecule has 0 saturated heterocycles. The molecule has 3 heteroatoms. The van der Waals surface area contributed by atoms with Gasteiger partial charge in [-0.1, -0.05) is 173 Å². The Morgan fingerprint density at radius 1 is 0.379 bits per heavy atom. The van der Waals surface area contributed by atoms with E-state index in [-0.39, 0.29) is 14.9 Å². The van der Waals surface area contributed by atoms with Crippen molar-refractivity contribution in [3.8, 4) is 39.1 Å². The highest BCUT2D eigenvalue weighted by Crippen LogP contribution is 2.64. The smallest absolute Gasteiger partial charge is 0.137 e. The molecule has 0 radical (unpaired) electrons. The number of fused-ring (bicyclic) bond motifs is 16. The molecule has 12 aromatic rings. The minimum Gasteiger partial charge on any atom is -0.456 e. The van der Waals surface area contributed by atoms with Gasteiger partial charge in [-0.2, -0.15) is 0 Å². The fourth-order valence-electron chi connectivity index (χ4n) is 11.5. The molecular formula is C63H46N2O. The van der Waals surface area contributed by atoms with Crippen molar-refractivity contribution in [3.05, 3.63) is 253 Å². The summed E-state index contributed by atoms with van der Waals surface area (Å²) in [5, 5.41) is 4.63. The number of nitrogens with zero attached hydrogens (tertiary/aromatic N) is 2. The van der Waals surface area contributed by atoms with E-state index < -0.39 is 5.41 Å². The quantitative estimate of drug-likeness (QED) is 0.172. The van der Waals surface area contributed by atoms with Gasteiger partial charge in [-0.25, -0.2) is 0 Å². The van der Waals surface area contributed by atoms with Gasteiger partial charge in [-0.15, -0.1) is 0 Å². The minimum absolute atomic E-state index is 0. The molecule has 0 N–H and O–H groups in total. The molecule has 0 saturated carbocycles. The maximum absolute atomic E-state index is 6.76. The molecule has 0 bridgehead atoms. The van der Waals surface area contributed by atoms with Crippen molar-refractivity contribution in [2.24, 2.45) is 0 Å². The SMILES string of the molecule is C.C.c1ccc(N(c2cccc3c2-c2ccccc2C32c3ccccc3-c3ccccc32)c2cccc3oc4ccc(-c5ccc6c(c5)c5ccccc5n6-c5ccccc5)cc4c23)cc1. The van der Waals surface area contributed by atoms with Crippen molar-refractivity contribution in [1.29, 1.82) is 0 Å². The van der Waals surface area contributed by atoms with E-state index in [1.165, 1.54) is 66.3 Å². The molecule has 1 spiro atoms. The number of para-hydroxylation sites is 3. The van der Waals surface area contributed by atoms with Crippen molar-refractivity contribution in [3.63, 3.8) is 0 Å². The number of hydrogen-bond donors (Lipinski definition) is 0. The van der Waals surface area contributed by atoms with Gasteiger partial charge in [0.15, 0.2) is 0 Å². The predicted molar refractivity (Wildman–Crippen MR) is 278 cm³/mol. The summed E-state index contributed by atoms with van der Waals surface area (Å²) in [5.41, 5.74) is 20.8. The molecule has 3 nitrogen and oxygen atoms in total. The first-order chi connectivity index (χ1) is 31.8. The number of rotatable bonds is 5. The van der Waals surface area contributed by atoms with Crippen molar-refractivity contribution >= 4 is 60.8 Å². The molecule has 2 heterocycles. The maximum Gasteiger partial charge on any atom is 0.137 e. The van der Waals surface area contributed by atoms with Gasteiger partial charge in [0.25, 0.3) is 0 Å². The standard InChI is InChI=1S/C61H38N2O.2CH4/c1-3-17-41(18-4-1)62-53-29-14-10-23-45(53)47-37-39(33-35-54(47)62)40-34-36-57-48(38-40)60-56(31-16-32-58(60)64-57)63(42-19-5-2-6-20-42)55-30-15-28-52-59(55)46-24-9-13-27-51(46)61(52)49-25-11-7-21-43(49)44-22-8-12-26-50(44)61;;/h1-38H;2*1H4. The van der Waals surface area contributed by atoms with E-state index in [0.717, 1.165) is 55.8 Å². The number of anilines is 3. The van der Waals surface area contributed by atoms with Crippen molar-refractivity contribution in [2.75, 3.05) is 4.90 Å². The third-order valence-electron chi connectivity index (χ3n) is 14.0. The van der Waals surface area contributed by atoms with Gasteiger partial charge in [0.05, 0.1) is 33.2 Å². The largest absolute Gasteiger partial charge is 0.456 e. The lowest BCUT2D eigenvalue weighted by atomic mass is 9.70. The first-order valence-electron chi connectivity index (χ1n) is 22.1. The van der Waals surface area contributed by atoms with Gasteiger partial charge in [0.2, 0.25) is 0 Å². The van der Waals surface area contributed by atoms with Gasteiger partial charge in [0.1, 0.15) is 11.2 Å². The lowest BCUT2D eigenvalue weighted by Gasteiger charge is -2.32. The Morgan fingerprint density at radius 3 is 1.67 bits per heavy atom. The Hall–Kier alpha value is -8.40. The highest BCUT2D eigenvalue weighted by atomic mass is 16.3. The number of benzene rings is 10. The topological polar surface area (TPSA) is 21.3 Å².